The fourth-order valence-electron chi connectivity index (χ4n) is 4.73. The van der Waals surface area contributed by atoms with Crippen molar-refractivity contribution in [3.8, 4) is 11.5 Å². The molecule has 1 N–H and O–H groups in total. The molecule has 0 saturated heterocycles. The molecule has 0 saturated carbocycles. The van der Waals surface area contributed by atoms with Crippen molar-refractivity contribution in [3.05, 3.63) is 35.4 Å². The van der Waals surface area contributed by atoms with Crippen molar-refractivity contribution in [2.24, 2.45) is 10.8 Å². The van der Waals surface area contributed by atoms with Gasteiger partial charge in [-0.25, -0.2) is 4.79 Å². The third-order valence-electron chi connectivity index (χ3n) is 5.05. The molecule has 0 spiro atoms. The zero-order valence-corrected chi connectivity index (χ0v) is 20.5. The lowest BCUT2D eigenvalue weighted by Gasteiger charge is -2.37. The van der Waals surface area contributed by atoms with Crippen LogP contribution in [0.5, 0.6) is 11.5 Å². The van der Waals surface area contributed by atoms with E-state index in [2.05, 4.69) is 75.8 Å². The summed E-state index contributed by atoms with van der Waals surface area (Å²) in [5.74, 6) is 0.322. The van der Waals surface area contributed by atoms with Crippen molar-refractivity contribution in [3.63, 3.8) is 0 Å². The van der Waals surface area contributed by atoms with Crippen LogP contribution in [0.25, 0.3) is 0 Å². The molecule has 1 aromatic rings. The number of aromatic hydroxyl groups is 1. The molecule has 0 amide bonds. The Morgan fingerprint density at radius 2 is 1.21 bits per heavy atom. The summed E-state index contributed by atoms with van der Waals surface area (Å²) in [6.07, 6.45) is 1.76. The van der Waals surface area contributed by atoms with Crippen molar-refractivity contribution in [2.75, 3.05) is 0 Å². The summed E-state index contributed by atoms with van der Waals surface area (Å²) in [7, 11) is 0. The fourth-order valence-corrected chi connectivity index (χ4v) is 4.73. The van der Waals surface area contributed by atoms with Crippen LogP contribution in [0.4, 0.5) is 0 Å². The molecule has 3 nitrogen and oxygen atoms in total. The van der Waals surface area contributed by atoms with Crippen LogP contribution in [-0.4, -0.2) is 11.1 Å². The summed E-state index contributed by atoms with van der Waals surface area (Å²) in [4.78, 5) is 12.2. The van der Waals surface area contributed by atoms with Gasteiger partial charge >= 0.3 is 5.97 Å². The lowest BCUT2D eigenvalue weighted by molar-refractivity contribution is -0.130. The Morgan fingerprint density at radius 1 is 0.862 bits per heavy atom. The van der Waals surface area contributed by atoms with Crippen molar-refractivity contribution < 1.29 is 14.6 Å². The average Bonchev–Trinajstić information content (AvgIpc) is 2.43. The molecule has 0 aliphatic carbocycles. The van der Waals surface area contributed by atoms with Gasteiger partial charge in [0.15, 0.2) is 0 Å². The second-order valence-corrected chi connectivity index (χ2v) is 12.3. The predicted octanol–water partition coefficient (Wildman–Crippen LogP) is 7.30. The van der Waals surface area contributed by atoms with E-state index in [-0.39, 0.29) is 21.7 Å². The summed E-state index contributed by atoms with van der Waals surface area (Å²) >= 11 is 0. The number of hydrogen-bond donors (Lipinski definition) is 1. The molecule has 3 heteroatoms. The van der Waals surface area contributed by atoms with Crippen LogP contribution in [0.3, 0.4) is 0 Å². The third kappa shape index (κ3) is 7.21. The third-order valence-corrected chi connectivity index (χ3v) is 5.05. The van der Waals surface area contributed by atoms with Gasteiger partial charge in [-0.3, -0.25) is 0 Å². The van der Waals surface area contributed by atoms with Crippen LogP contribution in [-0.2, 0) is 15.6 Å². The van der Waals surface area contributed by atoms with E-state index >= 15 is 0 Å². The number of hydrogen-bond acceptors (Lipinski definition) is 3. The number of phenols is 1. The SMILES string of the molecule is C=C(C)C(=O)Oc1cc(C(C)(C)CC(C)(C)C)c(O)c(C(C)(C)CC(C)(C)C)c1. The molecule has 0 aliphatic heterocycles. The highest BCUT2D eigenvalue weighted by Gasteiger charge is 2.36. The minimum Gasteiger partial charge on any atom is -0.507 e. The molecular formula is C26H42O3. The average molecular weight is 403 g/mol. The van der Waals surface area contributed by atoms with Gasteiger partial charge < -0.3 is 9.84 Å². The minimum atomic E-state index is -0.449. The number of carbonyl (C=O) groups is 1. The zero-order chi connectivity index (χ0) is 23.0. The Morgan fingerprint density at radius 3 is 1.48 bits per heavy atom. The van der Waals surface area contributed by atoms with Crippen LogP contribution in [0, 0.1) is 10.8 Å². The number of esters is 1. The van der Waals surface area contributed by atoms with Crippen LogP contribution >= 0.6 is 0 Å². The highest BCUT2D eigenvalue weighted by atomic mass is 16.5. The van der Waals surface area contributed by atoms with E-state index in [1.54, 1.807) is 6.92 Å². The minimum absolute atomic E-state index is 0.0847. The lowest BCUT2D eigenvalue weighted by Crippen LogP contribution is -2.28. The molecule has 0 radical (unpaired) electrons. The molecule has 0 unspecified atom stereocenters. The fraction of sp³-hybridized carbons (Fsp3) is 0.654. The second kappa shape index (κ2) is 8.16. The van der Waals surface area contributed by atoms with Gasteiger partial charge in [-0.1, -0.05) is 75.8 Å². The molecule has 0 atom stereocenters. The van der Waals surface area contributed by atoms with Crippen molar-refractivity contribution >= 4 is 5.97 Å². The summed E-state index contributed by atoms with van der Waals surface area (Å²) in [6.45, 7) is 27.0. The summed E-state index contributed by atoms with van der Waals surface area (Å²) in [5.41, 5.74) is 1.57. The molecule has 0 bridgehead atoms. The highest BCUT2D eigenvalue weighted by Crippen LogP contribution is 2.48. The van der Waals surface area contributed by atoms with E-state index in [1.165, 1.54) is 0 Å². The topological polar surface area (TPSA) is 46.5 Å². The zero-order valence-electron chi connectivity index (χ0n) is 20.5. The Labute approximate surface area is 178 Å². The predicted molar refractivity (Wildman–Crippen MR) is 123 cm³/mol. The quantitative estimate of drug-likeness (QED) is 0.308. The summed E-state index contributed by atoms with van der Waals surface area (Å²) < 4.78 is 5.61. The molecular weight excluding hydrogens is 360 g/mol. The van der Waals surface area contributed by atoms with Gasteiger partial charge in [0.2, 0.25) is 0 Å². The number of ether oxygens (including phenoxy) is 1. The summed E-state index contributed by atoms with van der Waals surface area (Å²) in [6, 6.07) is 3.64. The van der Waals surface area contributed by atoms with Crippen LogP contribution in [0.15, 0.2) is 24.3 Å². The monoisotopic (exact) mass is 402 g/mol. The highest BCUT2D eigenvalue weighted by molar-refractivity contribution is 5.88. The van der Waals surface area contributed by atoms with Gasteiger partial charge in [-0.15, -0.1) is 0 Å². The molecule has 0 aliphatic rings. The van der Waals surface area contributed by atoms with E-state index in [0.29, 0.717) is 17.1 Å². The number of benzene rings is 1. The van der Waals surface area contributed by atoms with E-state index in [4.69, 9.17) is 4.74 Å². The molecule has 29 heavy (non-hydrogen) atoms. The molecule has 1 aromatic carbocycles. The molecule has 0 aromatic heterocycles. The molecule has 164 valence electrons. The van der Waals surface area contributed by atoms with Crippen LogP contribution in [0.2, 0.25) is 0 Å². The van der Waals surface area contributed by atoms with Gasteiger partial charge in [0, 0.05) is 16.7 Å². The van der Waals surface area contributed by atoms with Gasteiger partial charge in [0.1, 0.15) is 11.5 Å². The van der Waals surface area contributed by atoms with E-state index < -0.39 is 5.97 Å². The Hall–Kier alpha value is -1.77. The first-order chi connectivity index (χ1) is 12.8. The number of rotatable bonds is 6. The van der Waals surface area contributed by atoms with Crippen molar-refractivity contribution in [2.45, 2.75) is 99.8 Å². The number of carbonyl (C=O) groups excluding carboxylic acids is 1. The largest absolute Gasteiger partial charge is 0.507 e. The first-order valence-electron chi connectivity index (χ1n) is 10.5. The van der Waals surface area contributed by atoms with E-state index in [1.807, 2.05) is 12.1 Å². The standard InChI is InChI=1S/C26H42O3/c1-17(2)22(28)29-18-13-19(25(9,10)15-23(3,4)5)21(27)20(14-18)26(11,12)16-24(6,7)8/h13-14,27H,1,15-16H2,2-12H3. The van der Waals surface area contributed by atoms with Gasteiger partial charge in [0.25, 0.3) is 0 Å². The summed E-state index contributed by atoms with van der Waals surface area (Å²) in [5, 5.41) is 11.4. The maximum absolute atomic E-state index is 12.2. The second-order valence-electron chi connectivity index (χ2n) is 12.3. The van der Waals surface area contributed by atoms with Crippen LogP contribution < -0.4 is 4.74 Å². The number of phenolic OH excluding ortho intramolecular Hbond substituents is 1. The molecule has 0 fully saturated rings. The van der Waals surface area contributed by atoms with E-state index in [0.717, 1.165) is 24.0 Å². The van der Waals surface area contributed by atoms with Crippen LogP contribution in [0.1, 0.15) is 100 Å². The lowest BCUT2D eigenvalue weighted by atomic mass is 9.68. The van der Waals surface area contributed by atoms with Gasteiger partial charge in [-0.05, 0) is 53.6 Å². The Balaban J connectivity index is 3.67. The van der Waals surface area contributed by atoms with E-state index in [9.17, 15) is 9.90 Å². The van der Waals surface area contributed by atoms with Crippen molar-refractivity contribution in [1.29, 1.82) is 0 Å². The Kier molecular flexibility index (Phi) is 7.11. The first-order valence-corrected chi connectivity index (χ1v) is 10.5. The smallest absolute Gasteiger partial charge is 0.338 e. The van der Waals surface area contributed by atoms with Gasteiger partial charge in [-0.2, -0.15) is 0 Å². The maximum atomic E-state index is 12.2. The Bertz CT molecular complexity index is 719. The van der Waals surface area contributed by atoms with Crippen molar-refractivity contribution in [1.82, 2.24) is 0 Å². The molecule has 0 heterocycles. The normalized spacial score (nSPS) is 13.3. The van der Waals surface area contributed by atoms with Gasteiger partial charge in [0.05, 0.1) is 0 Å². The maximum Gasteiger partial charge on any atom is 0.338 e. The molecule has 1 rings (SSSR count). The first kappa shape index (κ1) is 25.3.